The molecule has 0 aromatic heterocycles. The highest BCUT2D eigenvalue weighted by atomic mass is 16.2. The number of nitrogens with one attached hydrogen (secondary N) is 1. The molecule has 0 saturated carbocycles. The van der Waals surface area contributed by atoms with Crippen molar-refractivity contribution in [3.8, 4) is 0 Å². The lowest BCUT2D eigenvalue weighted by molar-refractivity contribution is -0.140. The first kappa shape index (κ1) is 21.7. The minimum Gasteiger partial charge on any atom is -0.352 e. The van der Waals surface area contributed by atoms with Gasteiger partial charge in [-0.1, -0.05) is 61.5 Å². The molecule has 0 unspecified atom stereocenters. The van der Waals surface area contributed by atoms with Gasteiger partial charge in [0, 0.05) is 12.6 Å². The molecule has 4 nitrogen and oxygen atoms in total. The molecular formula is C24H32N2O2. The highest BCUT2D eigenvalue weighted by molar-refractivity contribution is 5.88. The number of rotatable bonds is 9. The molecule has 0 radical (unpaired) electrons. The summed E-state index contributed by atoms with van der Waals surface area (Å²) < 4.78 is 0. The van der Waals surface area contributed by atoms with Gasteiger partial charge >= 0.3 is 0 Å². The monoisotopic (exact) mass is 380 g/mol. The molecule has 0 aliphatic heterocycles. The quantitative estimate of drug-likeness (QED) is 0.717. The van der Waals surface area contributed by atoms with Crippen LogP contribution in [0.1, 0.15) is 43.9 Å². The van der Waals surface area contributed by atoms with Crippen LogP contribution >= 0.6 is 0 Å². The van der Waals surface area contributed by atoms with Gasteiger partial charge in [-0.15, -0.1) is 0 Å². The Morgan fingerprint density at radius 3 is 2.25 bits per heavy atom. The van der Waals surface area contributed by atoms with E-state index in [4.69, 9.17) is 0 Å². The molecule has 0 spiro atoms. The Labute approximate surface area is 169 Å². The van der Waals surface area contributed by atoms with Crippen LogP contribution in [0.25, 0.3) is 0 Å². The van der Waals surface area contributed by atoms with E-state index in [2.05, 4.69) is 17.4 Å². The van der Waals surface area contributed by atoms with Crippen molar-refractivity contribution in [1.82, 2.24) is 10.2 Å². The largest absolute Gasteiger partial charge is 0.352 e. The molecule has 0 aliphatic rings. The van der Waals surface area contributed by atoms with Gasteiger partial charge in [-0.3, -0.25) is 9.59 Å². The number of carbonyl (C=O) groups excluding carboxylic acids is 2. The smallest absolute Gasteiger partial charge is 0.242 e. The van der Waals surface area contributed by atoms with Crippen LogP contribution in [-0.2, 0) is 22.4 Å². The maximum atomic E-state index is 13.2. The van der Waals surface area contributed by atoms with Crippen LogP contribution in [0.3, 0.4) is 0 Å². The predicted molar refractivity (Wildman–Crippen MR) is 114 cm³/mol. The number of amides is 2. The molecule has 2 amide bonds. The summed E-state index contributed by atoms with van der Waals surface area (Å²) in [5, 5.41) is 2.97. The van der Waals surface area contributed by atoms with E-state index in [0.29, 0.717) is 19.4 Å². The normalized spacial score (nSPS) is 11.9. The van der Waals surface area contributed by atoms with Crippen LogP contribution in [0.5, 0.6) is 0 Å². The van der Waals surface area contributed by atoms with Crippen molar-refractivity contribution in [3.05, 3.63) is 71.3 Å². The zero-order valence-corrected chi connectivity index (χ0v) is 17.4. The number of carbonyl (C=O) groups is 2. The molecule has 0 bridgehead atoms. The molecule has 0 heterocycles. The fourth-order valence-electron chi connectivity index (χ4n) is 3.35. The fraction of sp³-hybridized carbons (Fsp3) is 0.417. The summed E-state index contributed by atoms with van der Waals surface area (Å²) in [6.45, 7) is 8.38. The molecule has 2 aromatic carbocycles. The number of nitrogens with zero attached hydrogens (tertiary/aromatic N) is 1. The Kier molecular flexibility index (Phi) is 8.24. The Hall–Kier alpha value is -2.62. The van der Waals surface area contributed by atoms with Gasteiger partial charge in [0.15, 0.2) is 0 Å². The molecule has 150 valence electrons. The lowest BCUT2D eigenvalue weighted by Crippen LogP contribution is -2.51. The van der Waals surface area contributed by atoms with Crippen LogP contribution in [0.4, 0.5) is 0 Å². The van der Waals surface area contributed by atoms with E-state index in [1.165, 1.54) is 0 Å². The maximum absolute atomic E-state index is 13.2. The minimum atomic E-state index is -0.456. The average molecular weight is 381 g/mol. The average Bonchev–Trinajstić information content (AvgIpc) is 2.67. The molecule has 1 atom stereocenters. The van der Waals surface area contributed by atoms with Crippen LogP contribution in [0.15, 0.2) is 54.6 Å². The van der Waals surface area contributed by atoms with Gasteiger partial charge in [0.05, 0.1) is 6.42 Å². The number of benzene rings is 2. The first-order valence-corrected chi connectivity index (χ1v) is 10.1. The lowest BCUT2D eigenvalue weighted by Gasteiger charge is -2.31. The zero-order valence-electron chi connectivity index (χ0n) is 17.4. The van der Waals surface area contributed by atoms with Crippen LogP contribution in [0.2, 0.25) is 0 Å². The molecule has 1 N–H and O–H groups in total. The highest BCUT2D eigenvalue weighted by Crippen LogP contribution is 2.14. The minimum absolute atomic E-state index is 0.00372. The van der Waals surface area contributed by atoms with Crippen molar-refractivity contribution >= 4 is 11.8 Å². The summed E-state index contributed by atoms with van der Waals surface area (Å²) in [5.41, 5.74) is 3.27. The second-order valence-corrected chi connectivity index (χ2v) is 7.51. The van der Waals surface area contributed by atoms with Crippen molar-refractivity contribution in [2.24, 2.45) is 0 Å². The molecule has 2 aromatic rings. The third-order valence-corrected chi connectivity index (χ3v) is 4.90. The van der Waals surface area contributed by atoms with E-state index in [-0.39, 0.29) is 17.9 Å². The van der Waals surface area contributed by atoms with Gasteiger partial charge < -0.3 is 10.2 Å². The summed E-state index contributed by atoms with van der Waals surface area (Å²) in [6, 6.07) is 17.6. The van der Waals surface area contributed by atoms with Gasteiger partial charge in [0.2, 0.25) is 11.8 Å². The summed E-state index contributed by atoms with van der Waals surface area (Å²) in [6.07, 6.45) is 1.63. The van der Waals surface area contributed by atoms with Crippen molar-refractivity contribution in [2.45, 2.75) is 59.0 Å². The number of hydrogen-bond donors (Lipinski definition) is 1. The van der Waals surface area contributed by atoms with E-state index >= 15 is 0 Å². The summed E-state index contributed by atoms with van der Waals surface area (Å²) in [7, 11) is 0. The second-order valence-electron chi connectivity index (χ2n) is 7.51. The van der Waals surface area contributed by atoms with Crippen molar-refractivity contribution in [3.63, 3.8) is 0 Å². The maximum Gasteiger partial charge on any atom is 0.242 e. The molecule has 4 heteroatoms. The highest BCUT2D eigenvalue weighted by Gasteiger charge is 2.28. The first-order valence-electron chi connectivity index (χ1n) is 10.1. The SMILES string of the molecule is CC[C@H](C(=O)NC(C)C)N(CCc1ccccc1)C(=O)Cc1ccccc1C. The Morgan fingerprint density at radius 1 is 1.00 bits per heavy atom. The Morgan fingerprint density at radius 2 is 1.64 bits per heavy atom. The van der Waals surface area contributed by atoms with Crippen molar-refractivity contribution in [1.29, 1.82) is 0 Å². The Balaban J connectivity index is 2.21. The lowest BCUT2D eigenvalue weighted by atomic mass is 10.0. The summed E-state index contributed by atoms with van der Waals surface area (Å²) >= 11 is 0. The van der Waals surface area contributed by atoms with Crippen LogP contribution in [0, 0.1) is 6.92 Å². The number of aryl methyl sites for hydroxylation is 1. The third kappa shape index (κ3) is 6.22. The number of hydrogen-bond acceptors (Lipinski definition) is 2. The topological polar surface area (TPSA) is 49.4 Å². The molecular weight excluding hydrogens is 348 g/mol. The summed E-state index contributed by atoms with van der Waals surface area (Å²) in [5.74, 6) is -0.0836. The van der Waals surface area contributed by atoms with Gasteiger partial charge in [-0.05, 0) is 50.3 Å². The molecule has 2 rings (SSSR count). The van der Waals surface area contributed by atoms with Gasteiger partial charge in [-0.2, -0.15) is 0 Å². The molecule has 0 saturated heterocycles. The Bertz CT molecular complexity index is 771. The second kappa shape index (κ2) is 10.6. The fourth-order valence-corrected chi connectivity index (χ4v) is 3.35. The molecule has 28 heavy (non-hydrogen) atoms. The van der Waals surface area contributed by atoms with Gasteiger partial charge in [0.1, 0.15) is 6.04 Å². The first-order chi connectivity index (χ1) is 13.4. The third-order valence-electron chi connectivity index (χ3n) is 4.90. The van der Waals surface area contributed by atoms with E-state index in [0.717, 1.165) is 23.1 Å². The van der Waals surface area contributed by atoms with E-state index in [9.17, 15) is 9.59 Å². The van der Waals surface area contributed by atoms with E-state index in [1.54, 1.807) is 4.90 Å². The van der Waals surface area contributed by atoms with Gasteiger partial charge in [-0.25, -0.2) is 0 Å². The zero-order chi connectivity index (χ0) is 20.5. The van der Waals surface area contributed by atoms with Gasteiger partial charge in [0.25, 0.3) is 0 Å². The van der Waals surface area contributed by atoms with Crippen LogP contribution in [-0.4, -0.2) is 35.3 Å². The van der Waals surface area contributed by atoms with E-state index < -0.39 is 6.04 Å². The van der Waals surface area contributed by atoms with Crippen LogP contribution < -0.4 is 5.32 Å². The van der Waals surface area contributed by atoms with Crippen molar-refractivity contribution < 1.29 is 9.59 Å². The van der Waals surface area contributed by atoms with Crippen molar-refractivity contribution in [2.75, 3.05) is 6.54 Å². The van der Waals surface area contributed by atoms with E-state index in [1.807, 2.05) is 70.2 Å². The molecule has 0 aliphatic carbocycles. The summed E-state index contributed by atoms with van der Waals surface area (Å²) in [4.78, 5) is 27.7. The molecule has 0 fully saturated rings. The predicted octanol–water partition coefficient (Wildman–Crippen LogP) is 3.91. The standard InChI is InChI=1S/C24H32N2O2/c1-5-22(24(28)25-18(2)3)26(16-15-20-12-7-6-8-13-20)23(27)17-21-14-10-9-11-19(21)4/h6-14,18,22H,5,15-17H2,1-4H3,(H,25,28)/t22-/m1/s1.